The number of aromatic amines is 1. The van der Waals surface area contributed by atoms with Crippen LogP contribution < -0.4 is 5.32 Å². The van der Waals surface area contributed by atoms with E-state index in [1.54, 1.807) is 18.6 Å². The van der Waals surface area contributed by atoms with Gasteiger partial charge in [-0.1, -0.05) is 24.3 Å². The third-order valence-electron chi connectivity index (χ3n) is 3.09. The number of H-pyrrole nitrogens is 1. The number of amides is 1. The molecule has 0 unspecified atom stereocenters. The van der Waals surface area contributed by atoms with Crippen molar-refractivity contribution < 1.29 is 4.79 Å². The first-order valence-corrected chi connectivity index (χ1v) is 6.45. The third kappa shape index (κ3) is 2.51. The minimum absolute atomic E-state index is 0.159. The van der Waals surface area contributed by atoms with Gasteiger partial charge in [-0.05, 0) is 11.5 Å². The van der Waals surface area contributed by atoms with E-state index in [0.29, 0.717) is 18.7 Å². The number of rotatable bonds is 4. The number of aromatic nitrogens is 3. The normalized spacial score (nSPS) is 10.6. The highest BCUT2D eigenvalue weighted by Gasteiger charge is 2.10. The number of benzene rings is 1. The number of imidazole rings is 1. The fraction of sp³-hybridized carbons (Fsp3) is 0.133. The number of hydrogen-bond acceptors (Lipinski definition) is 3. The number of fused-ring (bicyclic) bond motifs is 1. The summed E-state index contributed by atoms with van der Waals surface area (Å²) in [6.45, 7) is 0.525. The minimum Gasteiger partial charge on any atom is -0.350 e. The Kier molecular flexibility index (Phi) is 3.41. The van der Waals surface area contributed by atoms with Gasteiger partial charge in [-0.3, -0.25) is 9.78 Å². The van der Waals surface area contributed by atoms with Crippen molar-refractivity contribution in [2.45, 2.75) is 6.42 Å². The van der Waals surface area contributed by atoms with Crippen LogP contribution in [0.25, 0.3) is 10.8 Å². The summed E-state index contributed by atoms with van der Waals surface area (Å²) in [5.41, 5.74) is 0.461. The van der Waals surface area contributed by atoms with Crippen LogP contribution >= 0.6 is 0 Å². The van der Waals surface area contributed by atoms with E-state index in [9.17, 15) is 4.79 Å². The van der Waals surface area contributed by atoms with Gasteiger partial charge in [0.2, 0.25) is 0 Å². The fourth-order valence-electron chi connectivity index (χ4n) is 2.11. The van der Waals surface area contributed by atoms with Crippen LogP contribution in [0.4, 0.5) is 0 Å². The van der Waals surface area contributed by atoms with E-state index in [4.69, 9.17) is 0 Å². The summed E-state index contributed by atoms with van der Waals surface area (Å²) in [6, 6.07) is 9.62. The molecule has 0 bridgehead atoms. The van der Waals surface area contributed by atoms with Gasteiger partial charge in [-0.25, -0.2) is 4.98 Å². The Bertz CT molecular complexity index is 716. The van der Waals surface area contributed by atoms with Gasteiger partial charge < -0.3 is 10.3 Å². The molecule has 0 spiro atoms. The van der Waals surface area contributed by atoms with E-state index < -0.39 is 0 Å². The summed E-state index contributed by atoms with van der Waals surface area (Å²) >= 11 is 0. The van der Waals surface area contributed by atoms with Crippen LogP contribution in [0.3, 0.4) is 0 Å². The summed E-state index contributed by atoms with van der Waals surface area (Å²) in [5, 5.41) is 4.75. The summed E-state index contributed by atoms with van der Waals surface area (Å²) < 4.78 is 0. The average molecular weight is 266 g/mol. The molecule has 0 aliphatic carbocycles. The van der Waals surface area contributed by atoms with Crippen LogP contribution in [0.15, 0.2) is 48.9 Å². The molecule has 0 atom stereocenters. The topological polar surface area (TPSA) is 70.7 Å². The van der Waals surface area contributed by atoms with Crippen molar-refractivity contribution in [2.75, 3.05) is 6.54 Å². The van der Waals surface area contributed by atoms with E-state index in [1.165, 1.54) is 0 Å². The number of nitrogens with one attached hydrogen (secondary N) is 2. The van der Waals surface area contributed by atoms with Gasteiger partial charge in [-0.2, -0.15) is 0 Å². The van der Waals surface area contributed by atoms with Crippen LogP contribution in [0, 0.1) is 0 Å². The molecule has 5 heteroatoms. The number of carbonyl (C=O) groups excluding carboxylic acids is 1. The van der Waals surface area contributed by atoms with Gasteiger partial charge in [0, 0.05) is 36.9 Å². The lowest BCUT2D eigenvalue weighted by Gasteiger charge is -2.06. The van der Waals surface area contributed by atoms with E-state index in [0.717, 1.165) is 16.6 Å². The molecule has 2 aromatic heterocycles. The number of nitrogens with zero attached hydrogens (tertiary/aromatic N) is 2. The van der Waals surface area contributed by atoms with Gasteiger partial charge in [0.25, 0.3) is 5.91 Å². The summed E-state index contributed by atoms with van der Waals surface area (Å²) in [6.07, 6.45) is 5.79. The largest absolute Gasteiger partial charge is 0.350 e. The molecule has 5 nitrogen and oxygen atoms in total. The Morgan fingerprint density at radius 3 is 2.90 bits per heavy atom. The van der Waals surface area contributed by atoms with Gasteiger partial charge in [0.15, 0.2) is 0 Å². The predicted octanol–water partition coefficient (Wildman–Crippen LogP) is 1.93. The lowest BCUT2D eigenvalue weighted by Crippen LogP contribution is -2.27. The Labute approximate surface area is 116 Å². The average Bonchev–Trinajstić information content (AvgIpc) is 3.00. The van der Waals surface area contributed by atoms with Gasteiger partial charge in [-0.15, -0.1) is 0 Å². The first kappa shape index (κ1) is 12.3. The summed E-state index contributed by atoms with van der Waals surface area (Å²) in [7, 11) is 0. The molecule has 1 aromatic carbocycles. The lowest BCUT2D eigenvalue weighted by atomic mass is 10.1. The highest BCUT2D eigenvalue weighted by molar-refractivity contribution is 6.05. The molecule has 0 saturated carbocycles. The minimum atomic E-state index is -0.159. The molecule has 3 aromatic rings. The zero-order chi connectivity index (χ0) is 13.8. The highest BCUT2D eigenvalue weighted by atomic mass is 16.1. The molecule has 0 fully saturated rings. The summed E-state index contributed by atoms with van der Waals surface area (Å²) in [5.74, 6) is 0.699. The van der Waals surface area contributed by atoms with Crippen LogP contribution in [-0.2, 0) is 6.42 Å². The van der Waals surface area contributed by atoms with Crippen molar-refractivity contribution in [1.29, 1.82) is 0 Å². The van der Waals surface area contributed by atoms with Crippen LogP contribution in [0.1, 0.15) is 16.3 Å². The molecule has 3 rings (SSSR count). The lowest BCUT2D eigenvalue weighted by molar-refractivity contribution is 0.0951. The number of hydrogen-bond donors (Lipinski definition) is 2. The molecular weight excluding hydrogens is 252 g/mol. The molecule has 100 valence electrons. The van der Waals surface area contributed by atoms with Gasteiger partial charge in [0.1, 0.15) is 11.5 Å². The van der Waals surface area contributed by atoms with Crippen molar-refractivity contribution in [2.24, 2.45) is 0 Å². The quantitative estimate of drug-likeness (QED) is 0.758. The highest BCUT2D eigenvalue weighted by Crippen LogP contribution is 2.15. The molecule has 20 heavy (non-hydrogen) atoms. The van der Waals surface area contributed by atoms with E-state index in [2.05, 4.69) is 20.3 Å². The van der Waals surface area contributed by atoms with Crippen molar-refractivity contribution in [3.05, 3.63) is 60.4 Å². The second-order valence-corrected chi connectivity index (χ2v) is 4.42. The Balaban J connectivity index is 1.72. The van der Waals surface area contributed by atoms with Crippen molar-refractivity contribution in [3.63, 3.8) is 0 Å². The third-order valence-corrected chi connectivity index (χ3v) is 3.09. The predicted molar refractivity (Wildman–Crippen MR) is 76.4 cm³/mol. The van der Waals surface area contributed by atoms with E-state index in [1.807, 2.05) is 30.3 Å². The maximum absolute atomic E-state index is 12.2. The maximum atomic E-state index is 12.2. The van der Waals surface area contributed by atoms with Crippen molar-refractivity contribution >= 4 is 16.7 Å². The Morgan fingerprint density at radius 2 is 2.05 bits per heavy atom. The van der Waals surface area contributed by atoms with E-state index >= 15 is 0 Å². The van der Waals surface area contributed by atoms with Crippen molar-refractivity contribution in [1.82, 2.24) is 20.3 Å². The zero-order valence-corrected chi connectivity index (χ0v) is 10.8. The fourth-order valence-corrected chi connectivity index (χ4v) is 2.11. The Hall–Kier alpha value is -2.69. The number of pyridine rings is 1. The van der Waals surface area contributed by atoms with Gasteiger partial charge in [0.05, 0.1) is 0 Å². The zero-order valence-electron chi connectivity index (χ0n) is 10.8. The standard InChI is InChI=1S/C15H14N4O/c20-15(19-8-6-13-16-9-10-17-13)14-12-4-2-1-3-11(12)5-7-18-14/h1-5,7,9-10H,6,8H2,(H,16,17)(H,19,20). The molecule has 0 saturated heterocycles. The first-order chi connectivity index (χ1) is 9.84. The molecule has 2 N–H and O–H groups in total. The molecule has 1 amide bonds. The van der Waals surface area contributed by atoms with Crippen LogP contribution in [0.5, 0.6) is 0 Å². The van der Waals surface area contributed by atoms with Crippen LogP contribution in [0.2, 0.25) is 0 Å². The molecule has 2 heterocycles. The van der Waals surface area contributed by atoms with Crippen molar-refractivity contribution in [3.8, 4) is 0 Å². The maximum Gasteiger partial charge on any atom is 0.270 e. The van der Waals surface area contributed by atoms with Crippen LogP contribution in [-0.4, -0.2) is 27.4 Å². The number of carbonyl (C=O) groups is 1. The molecule has 0 aliphatic rings. The first-order valence-electron chi connectivity index (χ1n) is 6.45. The van der Waals surface area contributed by atoms with E-state index in [-0.39, 0.29) is 5.91 Å². The molecule has 0 aliphatic heterocycles. The second-order valence-electron chi connectivity index (χ2n) is 4.42. The monoisotopic (exact) mass is 266 g/mol. The summed E-state index contributed by atoms with van der Waals surface area (Å²) in [4.78, 5) is 23.5. The molecule has 0 radical (unpaired) electrons. The Morgan fingerprint density at radius 1 is 1.15 bits per heavy atom. The van der Waals surface area contributed by atoms with Gasteiger partial charge >= 0.3 is 0 Å². The second kappa shape index (κ2) is 5.52. The SMILES string of the molecule is O=C(NCCc1ncc[nH]1)c1nccc2ccccc12. The smallest absolute Gasteiger partial charge is 0.270 e. The molecular formula is C15H14N4O.